The van der Waals surface area contributed by atoms with E-state index in [9.17, 15) is 4.79 Å². The maximum atomic E-state index is 11.9. The molecule has 0 fully saturated rings. The standard InChI is InChI=1S/C14H22BrN3O/c1-14(2,3)18-13(19)8-10(9-16)17-12-7-5-4-6-11(12)15/h4-7,10,17H,8-9,16H2,1-3H3,(H,18,19). The summed E-state index contributed by atoms with van der Waals surface area (Å²) in [7, 11) is 0. The van der Waals surface area contributed by atoms with E-state index in [4.69, 9.17) is 5.73 Å². The molecule has 1 amide bonds. The molecule has 0 aliphatic heterocycles. The molecular formula is C14H22BrN3O. The zero-order chi connectivity index (χ0) is 14.5. The summed E-state index contributed by atoms with van der Waals surface area (Å²) in [6.07, 6.45) is 0.356. The second-order valence-corrected chi connectivity index (χ2v) is 6.41. The van der Waals surface area contributed by atoms with E-state index in [1.807, 2.05) is 45.0 Å². The molecule has 1 unspecified atom stereocenters. The Hall–Kier alpha value is -1.07. The molecule has 1 aromatic carbocycles. The van der Waals surface area contributed by atoms with Gasteiger partial charge in [0.05, 0.1) is 0 Å². The Kier molecular flexibility index (Phi) is 5.82. The lowest BCUT2D eigenvalue weighted by molar-refractivity contribution is -0.122. The number of nitrogens with two attached hydrogens (primary N) is 1. The Labute approximate surface area is 123 Å². The van der Waals surface area contributed by atoms with Gasteiger partial charge in [-0.1, -0.05) is 12.1 Å². The van der Waals surface area contributed by atoms with Crippen LogP contribution in [0, 0.1) is 0 Å². The van der Waals surface area contributed by atoms with Crippen LogP contribution >= 0.6 is 15.9 Å². The maximum Gasteiger partial charge on any atom is 0.222 e. The second kappa shape index (κ2) is 6.91. The van der Waals surface area contributed by atoms with Crippen molar-refractivity contribution in [1.29, 1.82) is 0 Å². The minimum atomic E-state index is -0.219. The zero-order valence-electron chi connectivity index (χ0n) is 11.7. The predicted octanol–water partition coefficient (Wildman–Crippen LogP) is 2.49. The Balaban J connectivity index is 2.60. The van der Waals surface area contributed by atoms with E-state index in [1.165, 1.54) is 0 Å². The summed E-state index contributed by atoms with van der Waals surface area (Å²) in [6.45, 7) is 6.29. The van der Waals surface area contributed by atoms with Crippen LogP contribution in [0.2, 0.25) is 0 Å². The van der Waals surface area contributed by atoms with Crippen LogP contribution in [0.4, 0.5) is 5.69 Å². The summed E-state index contributed by atoms with van der Waals surface area (Å²) in [4.78, 5) is 11.9. The SMILES string of the molecule is CC(C)(C)NC(=O)CC(CN)Nc1ccccc1Br. The first-order valence-corrected chi connectivity index (χ1v) is 7.13. The minimum Gasteiger partial charge on any atom is -0.380 e. The zero-order valence-corrected chi connectivity index (χ0v) is 13.3. The first-order chi connectivity index (χ1) is 8.81. The Bertz CT molecular complexity index is 429. The Morgan fingerprint density at radius 2 is 2.00 bits per heavy atom. The number of para-hydroxylation sites is 1. The largest absolute Gasteiger partial charge is 0.380 e. The van der Waals surface area contributed by atoms with Crippen LogP contribution in [0.15, 0.2) is 28.7 Å². The number of rotatable bonds is 5. The molecule has 0 radical (unpaired) electrons. The van der Waals surface area contributed by atoms with Gasteiger partial charge in [0.2, 0.25) is 5.91 Å². The van der Waals surface area contributed by atoms with Crippen molar-refractivity contribution >= 4 is 27.5 Å². The third-order valence-electron chi connectivity index (χ3n) is 2.46. The summed E-state index contributed by atoms with van der Waals surface area (Å²) in [5.74, 6) is 0.00232. The van der Waals surface area contributed by atoms with Crippen LogP contribution in [0.3, 0.4) is 0 Å². The van der Waals surface area contributed by atoms with E-state index in [2.05, 4.69) is 26.6 Å². The van der Waals surface area contributed by atoms with E-state index in [0.29, 0.717) is 13.0 Å². The van der Waals surface area contributed by atoms with Gasteiger partial charge in [0.1, 0.15) is 0 Å². The fourth-order valence-corrected chi connectivity index (χ4v) is 2.08. The molecule has 0 bridgehead atoms. The smallest absolute Gasteiger partial charge is 0.222 e. The van der Waals surface area contributed by atoms with Crippen molar-refractivity contribution in [3.05, 3.63) is 28.7 Å². The molecule has 0 aliphatic rings. The first kappa shape index (κ1) is 16.0. The molecule has 19 heavy (non-hydrogen) atoms. The summed E-state index contributed by atoms with van der Waals surface area (Å²) < 4.78 is 0.963. The monoisotopic (exact) mass is 327 g/mol. The number of amides is 1. The van der Waals surface area contributed by atoms with Gasteiger partial charge in [-0.05, 0) is 48.8 Å². The molecule has 0 heterocycles. The minimum absolute atomic E-state index is 0.00232. The van der Waals surface area contributed by atoms with Crippen LogP contribution in [-0.4, -0.2) is 24.0 Å². The molecule has 1 rings (SSSR count). The van der Waals surface area contributed by atoms with Crippen LogP contribution < -0.4 is 16.4 Å². The van der Waals surface area contributed by atoms with Gasteiger partial charge < -0.3 is 16.4 Å². The van der Waals surface area contributed by atoms with E-state index in [-0.39, 0.29) is 17.5 Å². The van der Waals surface area contributed by atoms with E-state index < -0.39 is 0 Å². The van der Waals surface area contributed by atoms with Gasteiger partial charge in [-0.3, -0.25) is 4.79 Å². The molecule has 0 saturated heterocycles. The number of benzene rings is 1. The third kappa shape index (κ3) is 6.07. The number of nitrogens with one attached hydrogen (secondary N) is 2. The molecule has 5 heteroatoms. The van der Waals surface area contributed by atoms with Gasteiger partial charge in [-0.2, -0.15) is 0 Å². The van der Waals surface area contributed by atoms with Crippen molar-refractivity contribution in [3.63, 3.8) is 0 Å². The van der Waals surface area contributed by atoms with Gasteiger partial charge in [-0.15, -0.1) is 0 Å². The topological polar surface area (TPSA) is 67.2 Å². The summed E-state index contributed by atoms with van der Waals surface area (Å²) in [5.41, 5.74) is 6.45. The van der Waals surface area contributed by atoms with Crippen LogP contribution in [0.5, 0.6) is 0 Å². The summed E-state index contributed by atoms with van der Waals surface area (Å²) in [6, 6.07) is 7.70. The van der Waals surface area contributed by atoms with Gasteiger partial charge in [-0.25, -0.2) is 0 Å². The van der Waals surface area contributed by atoms with Gasteiger partial charge in [0.15, 0.2) is 0 Å². The van der Waals surface area contributed by atoms with E-state index >= 15 is 0 Å². The van der Waals surface area contributed by atoms with Crippen molar-refractivity contribution in [3.8, 4) is 0 Å². The molecule has 0 aliphatic carbocycles. The average molecular weight is 328 g/mol. The van der Waals surface area contributed by atoms with E-state index in [0.717, 1.165) is 10.2 Å². The molecular weight excluding hydrogens is 306 g/mol. The van der Waals surface area contributed by atoms with Gasteiger partial charge in [0.25, 0.3) is 0 Å². The predicted molar refractivity (Wildman–Crippen MR) is 83.1 cm³/mol. The average Bonchev–Trinajstić information content (AvgIpc) is 2.28. The first-order valence-electron chi connectivity index (χ1n) is 6.34. The highest BCUT2D eigenvalue weighted by Gasteiger charge is 2.18. The molecule has 0 spiro atoms. The van der Waals surface area contributed by atoms with Crippen LogP contribution in [-0.2, 0) is 4.79 Å². The van der Waals surface area contributed by atoms with Crippen molar-refractivity contribution < 1.29 is 4.79 Å². The third-order valence-corrected chi connectivity index (χ3v) is 3.16. The van der Waals surface area contributed by atoms with Crippen molar-refractivity contribution in [2.24, 2.45) is 5.73 Å². The lowest BCUT2D eigenvalue weighted by atomic mass is 10.1. The number of hydrogen-bond acceptors (Lipinski definition) is 3. The summed E-state index contributed by atoms with van der Waals surface area (Å²) >= 11 is 3.47. The fraction of sp³-hybridized carbons (Fsp3) is 0.500. The number of carbonyl (C=O) groups excluding carboxylic acids is 1. The van der Waals surface area contributed by atoms with Crippen LogP contribution in [0.1, 0.15) is 27.2 Å². The highest BCUT2D eigenvalue weighted by Crippen LogP contribution is 2.22. The molecule has 1 aromatic rings. The molecule has 4 N–H and O–H groups in total. The summed E-state index contributed by atoms with van der Waals surface area (Å²) in [5, 5.41) is 6.22. The second-order valence-electron chi connectivity index (χ2n) is 5.56. The maximum absolute atomic E-state index is 11.9. The van der Waals surface area contributed by atoms with Gasteiger partial charge >= 0.3 is 0 Å². The molecule has 106 valence electrons. The number of halogens is 1. The lowest BCUT2D eigenvalue weighted by Gasteiger charge is -2.23. The van der Waals surface area contributed by atoms with Crippen molar-refractivity contribution in [2.75, 3.05) is 11.9 Å². The van der Waals surface area contributed by atoms with Crippen molar-refractivity contribution in [2.45, 2.75) is 38.8 Å². The lowest BCUT2D eigenvalue weighted by Crippen LogP contribution is -2.44. The van der Waals surface area contributed by atoms with Gasteiger partial charge in [0, 0.05) is 34.7 Å². The molecule has 0 saturated carbocycles. The highest BCUT2D eigenvalue weighted by atomic mass is 79.9. The molecule has 4 nitrogen and oxygen atoms in total. The van der Waals surface area contributed by atoms with E-state index in [1.54, 1.807) is 0 Å². The number of carbonyl (C=O) groups is 1. The quantitative estimate of drug-likeness (QED) is 0.778. The van der Waals surface area contributed by atoms with Crippen LogP contribution in [0.25, 0.3) is 0 Å². The fourth-order valence-electron chi connectivity index (χ4n) is 1.68. The number of hydrogen-bond donors (Lipinski definition) is 3. The molecule has 1 atom stereocenters. The van der Waals surface area contributed by atoms with Crippen molar-refractivity contribution in [1.82, 2.24) is 5.32 Å². The Morgan fingerprint density at radius 1 is 1.37 bits per heavy atom. The highest BCUT2D eigenvalue weighted by molar-refractivity contribution is 9.10. The number of anilines is 1. The molecule has 0 aromatic heterocycles. The Morgan fingerprint density at radius 3 is 2.53 bits per heavy atom. The normalized spacial score (nSPS) is 12.9.